The van der Waals surface area contributed by atoms with Crippen LogP contribution in [0.5, 0.6) is 0 Å². The largest absolute Gasteiger partial charge is 0.480 e. The third-order valence-electron chi connectivity index (χ3n) is 1.96. The number of nitrogens with zero attached hydrogens (tertiary/aromatic N) is 4. The van der Waals surface area contributed by atoms with Gasteiger partial charge in [0.2, 0.25) is 6.33 Å². The first kappa shape index (κ1) is 22.9. The van der Waals surface area contributed by atoms with Crippen molar-refractivity contribution in [2.45, 2.75) is 17.6 Å². The van der Waals surface area contributed by atoms with E-state index in [0.717, 1.165) is 4.13 Å². The van der Waals surface area contributed by atoms with Crippen LogP contribution in [0.4, 0.5) is 26.3 Å². The Morgan fingerprint density at radius 2 is 1.56 bits per heavy atom. The zero-order chi connectivity index (χ0) is 20.1. The van der Waals surface area contributed by atoms with Crippen LogP contribution >= 0.6 is 0 Å². The van der Waals surface area contributed by atoms with E-state index in [1.54, 1.807) is 21.7 Å². The molecule has 0 aromatic carbocycles. The molecule has 0 radical (unpaired) electrons. The third kappa shape index (κ3) is 6.72. The highest BCUT2D eigenvalue weighted by Gasteiger charge is 2.46. The van der Waals surface area contributed by atoms with Crippen LogP contribution in [0, 0.1) is 11.3 Å². The Hall–Kier alpha value is -2.12. The van der Waals surface area contributed by atoms with Gasteiger partial charge in [-0.05, 0) is 0 Å². The number of halogens is 6. The SMILES string of the molecule is C=Cn1cc[n+](CC#N)c1.O=S(=O)([N-]S(=O)(=O)C(F)(F)F)C(F)(F)F. The molecule has 1 rings (SSSR count). The van der Waals surface area contributed by atoms with Crippen molar-refractivity contribution in [3.63, 3.8) is 0 Å². The van der Waals surface area contributed by atoms with E-state index in [1.807, 2.05) is 18.5 Å². The summed E-state index contributed by atoms with van der Waals surface area (Å²) in [6.45, 7) is 3.96. The van der Waals surface area contributed by atoms with E-state index in [0.29, 0.717) is 6.54 Å². The molecule has 0 aliphatic heterocycles. The van der Waals surface area contributed by atoms with Crippen molar-refractivity contribution in [3.05, 3.63) is 29.4 Å². The Morgan fingerprint density at radius 1 is 1.12 bits per heavy atom. The van der Waals surface area contributed by atoms with Gasteiger partial charge in [-0.25, -0.2) is 26.0 Å². The van der Waals surface area contributed by atoms with Gasteiger partial charge in [-0.3, -0.25) is 0 Å². The van der Waals surface area contributed by atoms with Crippen LogP contribution in [0.1, 0.15) is 0 Å². The minimum atomic E-state index is -6.72. The average Bonchev–Trinajstić information content (AvgIpc) is 2.84. The van der Waals surface area contributed by atoms with Gasteiger partial charge in [0.1, 0.15) is 18.5 Å². The van der Waals surface area contributed by atoms with E-state index in [2.05, 4.69) is 6.58 Å². The third-order valence-corrected chi connectivity index (χ3v) is 4.70. The molecular formula is C9H8F6N4O4S2. The molecule has 0 amide bonds. The van der Waals surface area contributed by atoms with E-state index in [9.17, 15) is 43.2 Å². The standard InChI is InChI=1S/C7H8N3.C2F6NO4S2/c1-2-9-5-6-10(7-9)4-3-8;3-1(4,5)14(10,11)9-15(12,13)2(6,7)8/h2,5-7H,1,4H2;/q+1;-1. The van der Waals surface area contributed by atoms with Crippen LogP contribution < -0.4 is 4.57 Å². The van der Waals surface area contributed by atoms with Crippen LogP contribution in [-0.2, 0) is 26.6 Å². The van der Waals surface area contributed by atoms with Gasteiger partial charge in [-0.15, -0.1) is 0 Å². The molecule has 0 aliphatic carbocycles. The van der Waals surface area contributed by atoms with Crippen molar-refractivity contribution in [2.24, 2.45) is 0 Å². The minimum absolute atomic E-state index is 0.390. The predicted molar refractivity (Wildman–Crippen MR) is 69.9 cm³/mol. The maximum Gasteiger partial charge on any atom is 0.480 e. The number of nitriles is 1. The van der Waals surface area contributed by atoms with E-state index in [1.165, 1.54) is 0 Å². The molecule has 1 aromatic heterocycles. The van der Waals surface area contributed by atoms with Crippen molar-refractivity contribution < 1.29 is 47.7 Å². The molecule has 0 bridgehead atoms. The number of imidazole rings is 1. The molecule has 1 heterocycles. The summed E-state index contributed by atoms with van der Waals surface area (Å²) in [5.41, 5.74) is -12.4. The highest BCUT2D eigenvalue weighted by molar-refractivity contribution is 8.13. The van der Waals surface area contributed by atoms with Crippen LogP contribution in [0.3, 0.4) is 0 Å². The summed E-state index contributed by atoms with van der Waals surface area (Å²) in [6, 6.07) is 2.04. The summed E-state index contributed by atoms with van der Waals surface area (Å²) in [5.74, 6) is 0. The summed E-state index contributed by atoms with van der Waals surface area (Å²) in [5, 5.41) is 8.30. The van der Waals surface area contributed by atoms with Gasteiger partial charge in [0.15, 0.2) is 26.6 Å². The average molecular weight is 414 g/mol. The quantitative estimate of drug-likeness (QED) is 0.547. The Morgan fingerprint density at radius 3 is 1.84 bits per heavy atom. The fourth-order valence-corrected chi connectivity index (χ4v) is 2.62. The van der Waals surface area contributed by atoms with Gasteiger partial charge in [0.25, 0.3) is 0 Å². The molecule has 0 unspecified atom stereocenters. The summed E-state index contributed by atoms with van der Waals surface area (Å²) < 4.78 is 113. The second kappa shape index (κ2) is 7.84. The summed E-state index contributed by atoms with van der Waals surface area (Å²) in [4.78, 5) is 0. The number of alkyl halides is 6. The molecule has 1 aromatic rings. The zero-order valence-corrected chi connectivity index (χ0v) is 13.4. The number of sulfonamides is 2. The van der Waals surface area contributed by atoms with Gasteiger partial charge in [0.05, 0.1) is 6.20 Å². The van der Waals surface area contributed by atoms with Crippen molar-refractivity contribution >= 4 is 26.2 Å². The molecule has 0 N–H and O–H groups in total. The number of rotatable bonds is 4. The molecule has 25 heavy (non-hydrogen) atoms. The first-order chi connectivity index (χ1) is 11.1. The molecule has 0 saturated heterocycles. The van der Waals surface area contributed by atoms with Crippen molar-refractivity contribution in [2.75, 3.05) is 0 Å². The summed E-state index contributed by atoms with van der Waals surface area (Å²) >= 11 is 0. The molecule has 0 aliphatic rings. The first-order valence-electron chi connectivity index (χ1n) is 5.50. The predicted octanol–water partition coefficient (Wildman–Crippen LogP) is 1.46. The smallest absolute Gasteiger partial charge is 0.421 e. The molecule has 16 heteroatoms. The first-order valence-corrected chi connectivity index (χ1v) is 8.38. The fraction of sp³-hybridized carbons (Fsp3) is 0.333. The number of hydrogen-bond acceptors (Lipinski definition) is 5. The van der Waals surface area contributed by atoms with Crippen LogP contribution in [0.2, 0.25) is 0 Å². The Balaban J connectivity index is 0.000000496. The Labute approximate surface area is 137 Å². The van der Waals surface area contributed by atoms with Gasteiger partial charge in [0, 0.05) is 0 Å². The maximum atomic E-state index is 11.4. The molecule has 0 spiro atoms. The lowest BCUT2D eigenvalue weighted by Crippen LogP contribution is -2.30. The molecular weight excluding hydrogens is 406 g/mol. The van der Waals surface area contributed by atoms with Crippen LogP contribution in [-0.4, -0.2) is 32.4 Å². The van der Waals surface area contributed by atoms with E-state index in [4.69, 9.17) is 5.26 Å². The van der Waals surface area contributed by atoms with Crippen molar-refractivity contribution in [1.29, 1.82) is 5.26 Å². The molecule has 0 saturated carbocycles. The highest BCUT2D eigenvalue weighted by Crippen LogP contribution is 2.36. The van der Waals surface area contributed by atoms with Crippen LogP contribution in [0.25, 0.3) is 10.3 Å². The van der Waals surface area contributed by atoms with E-state index in [-0.39, 0.29) is 0 Å². The van der Waals surface area contributed by atoms with Crippen LogP contribution in [0.15, 0.2) is 25.3 Å². The lowest BCUT2D eigenvalue weighted by atomic mass is 10.7. The van der Waals surface area contributed by atoms with Crippen molar-refractivity contribution in [1.82, 2.24) is 4.57 Å². The Bertz CT molecular complexity index is 806. The molecule has 0 atom stereocenters. The second-order valence-electron chi connectivity index (χ2n) is 3.79. The van der Waals surface area contributed by atoms with Gasteiger partial charge in [-0.2, -0.15) is 31.6 Å². The summed E-state index contributed by atoms with van der Waals surface area (Å²) in [7, 11) is -13.4. The van der Waals surface area contributed by atoms with Crippen molar-refractivity contribution in [3.8, 4) is 6.07 Å². The van der Waals surface area contributed by atoms with Gasteiger partial charge >= 0.3 is 11.0 Å². The second-order valence-corrected chi connectivity index (χ2v) is 7.21. The molecule has 142 valence electrons. The van der Waals surface area contributed by atoms with Gasteiger partial charge < -0.3 is 4.13 Å². The zero-order valence-electron chi connectivity index (χ0n) is 11.7. The molecule has 0 fully saturated rings. The normalized spacial score (nSPS) is 12.7. The topological polar surface area (TPSA) is 115 Å². The summed E-state index contributed by atoms with van der Waals surface area (Å²) in [6.07, 6.45) is 7.14. The molecule has 8 nitrogen and oxygen atoms in total. The minimum Gasteiger partial charge on any atom is -0.421 e. The number of aromatic nitrogens is 2. The Kier molecular flexibility index (Phi) is 7.18. The maximum absolute atomic E-state index is 11.4. The number of hydrogen-bond donors (Lipinski definition) is 0. The highest BCUT2D eigenvalue weighted by atomic mass is 32.3. The van der Waals surface area contributed by atoms with E-state index < -0.39 is 31.1 Å². The monoisotopic (exact) mass is 414 g/mol. The van der Waals surface area contributed by atoms with Gasteiger partial charge in [-0.1, -0.05) is 6.58 Å². The van der Waals surface area contributed by atoms with E-state index >= 15 is 0 Å². The lowest BCUT2D eigenvalue weighted by Gasteiger charge is -2.22. The lowest BCUT2D eigenvalue weighted by molar-refractivity contribution is -0.684. The fourth-order valence-electron chi connectivity index (χ4n) is 0.908.